The Labute approximate surface area is 171 Å². The molecule has 0 radical (unpaired) electrons. The average Bonchev–Trinajstić information content (AvgIpc) is 2.70. The number of thioether (sulfide) groups is 1. The largest absolute Gasteiger partial charge is 0.385 e. The molecule has 0 aliphatic rings. The molecule has 0 spiro atoms. The number of benzene rings is 2. The van der Waals surface area contributed by atoms with Crippen molar-refractivity contribution in [3.05, 3.63) is 53.0 Å². The fourth-order valence-electron chi connectivity index (χ4n) is 2.51. The molecule has 0 atom stereocenters. The molecule has 1 amide bonds. The molecule has 27 heavy (non-hydrogen) atoms. The summed E-state index contributed by atoms with van der Waals surface area (Å²) in [6, 6.07) is 15.8. The van der Waals surface area contributed by atoms with Gasteiger partial charge in [-0.15, -0.1) is 0 Å². The Morgan fingerprint density at radius 1 is 1.15 bits per heavy atom. The third-order valence-electron chi connectivity index (χ3n) is 3.86. The summed E-state index contributed by atoms with van der Waals surface area (Å²) in [7, 11) is 1.65. The Hall–Kier alpha value is -1.96. The van der Waals surface area contributed by atoms with E-state index in [0.717, 1.165) is 32.4 Å². The number of halogens is 1. The number of amides is 1. The second-order valence-corrected chi connectivity index (χ2v) is 7.74. The number of carbonyl (C=O) groups excluding carboxylic acids is 1. The lowest BCUT2D eigenvalue weighted by atomic mass is 10.2. The lowest BCUT2D eigenvalue weighted by Gasteiger charge is -2.09. The maximum atomic E-state index is 12.1. The smallest absolute Gasteiger partial charge is 0.230 e. The van der Waals surface area contributed by atoms with Crippen LogP contribution in [-0.4, -0.2) is 41.9 Å². The third kappa shape index (κ3) is 5.51. The first-order valence-corrected chi connectivity index (χ1v) is 10.4. The fraction of sp³-hybridized carbons (Fsp3) is 0.250. The van der Waals surface area contributed by atoms with E-state index in [9.17, 15) is 4.79 Å². The summed E-state index contributed by atoms with van der Waals surface area (Å²) >= 11 is 4.88. The Morgan fingerprint density at radius 3 is 2.70 bits per heavy atom. The predicted molar refractivity (Wildman–Crippen MR) is 113 cm³/mol. The van der Waals surface area contributed by atoms with Crippen molar-refractivity contribution in [2.24, 2.45) is 0 Å². The zero-order chi connectivity index (χ0) is 19.1. The first-order valence-electron chi connectivity index (χ1n) is 8.58. The molecule has 0 unspecified atom stereocenters. The molecule has 0 saturated carbocycles. The standard InChI is InChI=1S/C20H20BrN3O2S/c1-26-12-4-11-22-18(25)13-27-20-16-5-2-3-6-17(16)23-19(24-20)14-7-9-15(21)10-8-14/h2-3,5-10H,4,11-13H2,1H3,(H,22,25). The van der Waals surface area contributed by atoms with E-state index in [0.29, 0.717) is 24.7 Å². The number of para-hydroxylation sites is 1. The second kappa shape index (κ2) is 9.82. The molecule has 1 heterocycles. The van der Waals surface area contributed by atoms with Gasteiger partial charge in [0, 0.05) is 35.7 Å². The summed E-state index contributed by atoms with van der Waals surface area (Å²) in [6.07, 6.45) is 0.803. The van der Waals surface area contributed by atoms with Crippen molar-refractivity contribution >= 4 is 44.5 Å². The number of ether oxygens (including phenoxy) is 1. The number of rotatable bonds is 8. The number of carbonyl (C=O) groups is 1. The van der Waals surface area contributed by atoms with Gasteiger partial charge in [0.05, 0.1) is 11.3 Å². The predicted octanol–water partition coefficient (Wildman–Crippen LogP) is 4.30. The monoisotopic (exact) mass is 445 g/mol. The van der Waals surface area contributed by atoms with Crippen LogP contribution in [0.2, 0.25) is 0 Å². The van der Waals surface area contributed by atoms with Crippen molar-refractivity contribution in [1.29, 1.82) is 0 Å². The van der Waals surface area contributed by atoms with E-state index < -0.39 is 0 Å². The van der Waals surface area contributed by atoms with E-state index in [1.54, 1.807) is 7.11 Å². The number of nitrogens with one attached hydrogen (secondary N) is 1. The van der Waals surface area contributed by atoms with Crippen molar-refractivity contribution in [2.45, 2.75) is 11.4 Å². The van der Waals surface area contributed by atoms with E-state index >= 15 is 0 Å². The first kappa shape index (κ1) is 19.8. The van der Waals surface area contributed by atoms with E-state index in [1.807, 2.05) is 48.5 Å². The normalized spacial score (nSPS) is 10.9. The molecule has 0 aliphatic heterocycles. The molecule has 0 aliphatic carbocycles. The number of fused-ring (bicyclic) bond motifs is 1. The van der Waals surface area contributed by atoms with Gasteiger partial charge >= 0.3 is 0 Å². The molecule has 5 nitrogen and oxygen atoms in total. The maximum Gasteiger partial charge on any atom is 0.230 e. The number of nitrogens with zero attached hydrogens (tertiary/aromatic N) is 2. The number of hydrogen-bond acceptors (Lipinski definition) is 5. The summed E-state index contributed by atoms with van der Waals surface area (Å²) in [4.78, 5) is 21.5. The van der Waals surface area contributed by atoms with Gasteiger partial charge in [-0.1, -0.05) is 58.0 Å². The van der Waals surface area contributed by atoms with Crippen molar-refractivity contribution in [3.63, 3.8) is 0 Å². The van der Waals surface area contributed by atoms with Crippen LogP contribution in [-0.2, 0) is 9.53 Å². The summed E-state index contributed by atoms with van der Waals surface area (Å²) in [5, 5.41) is 4.66. The van der Waals surface area contributed by atoms with Gasteiger partial charge < -0.3 is 10.1 Å². The summed E-state index contributed by atoms with van der Waals surface area (Å²) in [5.41, 5.74) is 1.81. The Bertz CT molecular complexity index is 919. The van der Waals surface area contributed by atoms with E-state index in [1.165, 1.54) is 11.8 Å². The Balaban J connectivity index is 1.79. The van der Waals surface area contributed by atoms with Crippen molar-refractivity contribution in [3.8, 4) is 11.4 Å². The molecule has 0 bridgehead atoms. The van der Waals surface area contributed by atoms with Crippen molar-refractivity contribution in [2.75, 3.05) is 26.0 Å². The zero-order valence-electron chi connectivity index (χ0n) is 14.9. The number of aromatic nitrogens is 2. The molecule has 1 aromatic heterocycles. The highest BCUT2D eigenvalue weighted by Crippen LogP contribution is 2.28. The minimum absolute atomic E-state index is 0.0102. The topological polar surface area (TPSA) is 64.1 Å². The molecule has 0 fully saturated rings. The quantitative estimate of drug-likeness (QED) is 0.318. The first-order chi connectivity index (χ1) is 13.2. The SMILES string of the molecule is COCCCNC(=O)CSc1nc(-c2ccc(Br)cc2)nc2ccccc12. The summed E-state index contributed by atoms with van der Waals surface area (Å²) in [5.74, 6) is 0.960. The molecule has 140 valence electrons. The van der Waals surface area contributed by atoms with Crippen LogP contribution in [0.1, 0.15) is 6.42 Å². The minimum Gasteiger partial charge on any atom is -0.385 e. The van der Waals surface area contributed by atoms with Crippen LogP contribution in [0.5, 0.6) is 0 Å². The molecular weight excluding hydrogens is 426 g/mol. The lowest BCUT2D eigenvalue weighted by molar-refractivity contribution is -0.118. The fourth-order valence-corrected chi connectivity index (χ4v) is 3.63. The highest BCUT2D eigenvalue weighted by atomic mass is 79.9. The summed E-state index contributed by atoms with van der Waals surface area (Å²) < 4.78 is 5.99. The molecule has 3 rings (SSSR count). The van der Waals surface area contributed by atoms with Gasteiger partial charge in [-0.3, -0.25) is 4.79 Å². The van der Waals surface area contributed by atoms with Gasteiger partial charge in [0.2, 0.25) is 5.91 Å². The van der Waals surface area contributed by atoms with Gasteiger partial charge in [0.25, 0.3) is 0 Å². The number of methoxy groups -OCH3 is 1. The third-order valence-corrected chi connectivity index (χ3v) is 5.38. The van der Waals surface area contributed by atoms with Gasteiger partial charge in [-0.2, -0.15) is 0 Å². The molecular formula is C20H20BrN3O2S. The van der Waals surface area contributed by atoms with Gasteiger partial charge in [-0.05, 0) is 24.6 Å². The van der Waals surface area contributed by atoms with Gasteiger partial charge in [0.1, 0.15) is 5.03 Å². The van der Waals surface area contributed by atoms with Crippen LogP contribution < -0.4 is 5.32 Å². The maximum absolute atomic E-state index is 12.1. The Kier molecular flexibility index (Phi) is 7.20. The van der Waals surface area contributed by atoms with E-state index in [4.69, 9.17) is 9.72 Å². The van der Waals surface area contributed by atoms with Crippen molar-refractivity contribution < 1.29 is 9.53 Å². The molecule has 3 aromatic rings. The van der Waals surface area contributed by atoms with E-state index in [-0.39, 0.29) is 5.91 Å². The molecule has 7 heteroatoms. The number of hydrogen-bond donors (Lipinski definition) is 1. The van der Waals surface area contributed by atoms with Gasteiger partial charge in [-0.25, -0.2) is 9.97 Å². The molecule has 1 N–H and O–H groups in total. The van der Waals surface area contributed by atoms with Crippen LogP contribution in [0.15, 0.2) is 58.0 Å². The highest BCUT2D eigenvalue weighted by molar-refractivity contribution is 9.10. The zero-order valence-corrected chi connectivity index (χ0v) is 17.3. The minimum atomic E-state index is -0.0102. The van der Waals surface area contributed by atoms with Gasteiger partial charge in [0.15, 0.2) is 5.82 Å². The van der Waals surface area contributed by atoms with E-state index in [2.05, 4.69) is 26.2 Å². The van der Waals surface area contributed by atoms with Crippen LogP contribution >= 0.6 is 27.7 Å². The van der Waals surface area contributed by atoms with Crippen LogP contribution in [0, 0.1) is 0 Å². The second-order valence-electron chi connectivity index (χ2n) is 5.86. The van der Waals surface area contributed by atoms with Crippen LogP contribution in [0.3, 0.4) is 0 Å². The molecule has 0 saturated heterocycles. The average molecular weight is 446 g/mol. The van der Waals surface area contributed by atoms with Crippen LogP contribution in [0.4, 0.5) is 0 Å². The molecule has 2 aromatic carbocycles. The highest BCUT2D eigenvalue weighted by Gasteiger charge is 2.11. The summed E-state index contributed by atoms with van der Waals surface area (Å²) in [6.45, 7) is 1.25. The Morgan fingerprint density at radius 2 is 1.93 bits per heavy atom. The van der Waals surface area contributed by atoms with Crippen molar-refractivity contribution in [1.82, 2.24) is 15.3 Å². The lowest BCUT2D eigenvalue weighted by Crippen LogP contribution is -2.26. The van der Waals surface area contributed by atoms with Crippen LogP contribution in [0.25, 0.3) is 22.3 Å².